The van der Waals surface area contributed by atoms with Crippen LogP contribution in [0.4, 0.5) is 4.79 Å². The van der Waals surface area contributed by atoms with Crippen LogP contribution in [-0.2, 0) is 4.74 Å². The molecule has 112 valence electrons. The number of aliphatic hydroxyl groups excluding tert-OH is 1. The van der Waals surface area contributed by atoms with E-state index in [1.54, 1.807) is 14.2 Å². The van der Waals surface area contributed by atoms with E-state index in [4.69, 9.17) is 9.84 Å². The SMILES string of the molecule is CCC1(CC)C(NC(=O)N(C)CCO)C(C)C1OC. The highest BCUT2D eigenvalue weighted by atomic mass is 16.5. The van der Waals surface area contributed by atoms with Crippen molar-refractivity contribution in [3.63, 3.8) is 0 Å². The van der Waals surface area contributed by atoms with Crippen molar-refractivity contribution < 1.29 is 14.6 Å². The Kier molecular flexibility index (Phi) is 5.62. The van der Waals surface area contributed by atoms with Gasteiger partial charge in [0.15, 0.2) is 0 Å². The molecule has 0 spiro atoms. The first kappa shape index (κ1) is 16.2. The fraction of sp³-hybridized carbons (Fsp3) is 0.929. The van der Waals surface area contributed by atoms with Gasteiger partial charge in [-0.25, -0.2) is 4.79 Å². The van der Waals surface area contributed by atoms with Crippen LogP contribution < -0.4 is 5.32 Å². The third-order valence-electron chi connectivity index (χ3n) is 4.82. The molecule has 1 fully saturated rings. The summed E-state index contributed by atoms with van der Waals surface area (Å²) in [6.45, 7) is 6.76. The molecule has 0 aliphatic heterocycles. The Hall–Kier alpha value is -0.810. The second-order valence-electron chi connectivity index (χ2n) is 5.53. The second kappa shape index (κ2) is 6.57. The minimum atomic E-state index is -0.119. The van der Waals surface area contributed by atoms with Crippen LogP contribution >= 0.6 is 0 Å². The summed E-state index contributed by atoms with van der Waals surface area (Å²) in [4.78, 5) is 13.6. The standard InChI is InChI=1S/C14H28N2O3/c1-6-14(7-2)11(10(3)12(14)19-5)15-13(18)16(4)8-9-17/h10-12,17H,6-9H2,1-5H3,(H,15,18). The third kappa shape index (κ3) is 2.72. The summed E-state index contributed by atoms with van der Waals surface area (Å²) in [5.41, 5.74) is 0.0316. The lowest BCUT2D eigenvalue weighted by molar-refractivity contribution is -0.164. The average molecular weight is 272 g/mol. The lowest BCUT2D eigenvalue weighted by Crippen LogP contribution is -2.70. The molecule has 19 heavy (non-hydrogen) atoms. The van der Waals surface area contributed by atoms with E-state index in [9.17, 15) is 4.79 Å². The van der Waals surface area contributed by atoms with Crippen LogP contribution in [0.15, 0.2) is 0 Å². The van der Waals surface area contributed by atoms with Crippen molar-refractivity contribution in [3.05, 3.63) is 0 Å². The number of likely N-dealkylation sites (N-methyl/N-ethyl adjacent to an activating group) is 1. The minimum absolute atomic E-state index is 0.0163. The molecule has 5 nitrogen and oxygen atoms in total. The minimum Gasteiger partial charge on any atom is -0.395 e. The molecule has 5 heteroatoms. The summed E-state index contributed by atoms with van der Waals surface area (Å²) in [7, 11) is 3.44. The second-order valence-corrected chi connectivity index (χ2v) is 5.53. The largest absolute Gasteiger partial charge is 0.395 e. The molecule has 2 amide bonds. The molecule has 0 radical (unpaired) electrons. The number of carbonyl (C=O) groups excluding carboxylic acids is 1. The number of ether oxygens (including phenoxy) is 1. The van der Waals surface area contributed by atoms with E-state index < -0.39 is 0 Å². The number of methoxy groups -OCH3 is 1. The maximum atomic E-state index is 12.1. The van der Waals surface area contributed by atoms with Crippen LogP contribution in [-0.4, -0.2) is 55.5 Å². The van der Waals surface area contributed by atoms with E-state index in [1.807, 2.05) is 0 Å². The first-order valence-corrected chi connectivity index (χ1v) is 7.13. The summed E-state index contributed by atoms with van der Waals surface area (Å²) in [6.07, 6.45) is 2.18. The van der Waals surface area contributed by atoms with Crippen molar-refractivity contribution in [2.75, 3.05) is 27.3 Å². The molecule has 0 aromatic rings. The van der Waals surface area contributed by atoms with Gasteiger partial charge in [-0.15, -0.1) is 0 Å². The molecule has 1 aliphatic carbocycles. The van der Waals surface area contributed by atoms with Gasteiger partial charge in [0.2, 0.25) is 0 Å². The van der Waals surface area contributed by atoms with Gasteiger partial charge in [0.25, 0.3) is 0 Å². The first-order chi connectivity index (χ1) is 8.98. The number of aliphatic hydroxyl groups is 1. The quantitative estimate of drug-likeness (QED) is 0.769. The molecule has 0 aromatic carbocycles. The number of hydrogen-bond donors (Lipinski definition) is 2. The third-order valence-corrected chi connectivity index (χ3v) is 4.82. The zero-order chi connectivity index (χ0) is 14.6. The Labute approximate surface area is 116 Å². The molecular formula is C14H28N2O3. The maximum absolute atomic E-state index is 12.1. The summed E-state index contributed by atoms with van der Waals surface area (Å²) in [5, 5.41) is 12.0. The van der Waals surface area contributed by atoms with Gasteiger partial charge < -0.3 is 20.1 Å². The van der Waals surface area contributed by atoms with Gasteiger partial charge in [-0.2, -0.15) is 0 Å². The van der Waals surface area contributed by atoms with Crippen LogP contribution in [0.1, 0.15) is 33.6 Å². The summed E-state index contributed by atoms with van der Waals surface area (Å²) in [6, 6.07) is 0.0211. The van der Waals surface area contributed by atoms with Crippen molar-refractivity contribution in [1.29, 1.82) is 0 Å². The summed E-state index contributed by atoms with van der Waals surface area (Å²) >= 11 is 0. The highest BCUT2D eigenvalue weighted by molar-refractivity contribution is 5.74. The van der Waals surface area contributed by atoms with Gasteiger partial charge in [-0.05, 0) is 12.8 Å². The zero-order valence-corrected chi connectivity index (χ0v) is 12.8. The van der Waals surface area contributed by atoms with Crippen molar-refractivity contribution in [1.82, 2.24) is 10.2 Å². The van der Waals surface area contributed by atoms with Crippen LogP contribution in [0.3, 0.4) is 0 Å². The monoisotopic (exact) mass is 272 g/mol. The van der Waals surface area contributed by atoms with Crippen LogP contribution in [0.2, 0.25) is 0 Å². The van der Waals surface area contributed by atoms with Crippen molar-refractivity contribution in [2.45, 2.75) is 45.8 Å². The Morgan fingerprint density at radius 1 is 1.42 bits per heavy atom. The van der Waals surface area contributed by atoms with E-state index in [1.165, 1.54) is 4.90 Å². The summed E-state index contributed by atoms with van der Waals surface area (Å²) < 4.78 is 5.61. The molecule has 3 unspecified atom stereocenters. The molecular weight excluding hydrogens is 244 g/mol. The topological polar surface area (TPSA) is 61.8 Å². The fourth-order valence-corrected chi connectivity index (χ4v) is 3.59. The molecule has 1 rings (SSSR count). The highest BCUT2D eigenvalue weighted by Gasteiger charge is 2.59. The van der Waals surface area contributed by atoms with Crippen LogP contribution in [0.25, 0.3) is 0 Å². The molecule has 0 heterocycles. The van der Waals surface area contributed by atoms with Gasteiger partial charge in [-0.1, -0.05) is 20.8 Å². The molecule has 1 aliphatic rings. The highest BCUT2D eigenvalue weighted by Crippen LogP contribution is 2.52. The number of hydrogen-bond acceptors (Lipinski definition) is 3. The smallest absolute Gasteiger partial charge is 0.317 e. The lowest BCUT2D eigenvalue weighted by atomic mass is 9.53. The van der Waals surface area contributed by atoms with Gasteiger partial charge in [-0.3, -0.25) is 0 Å². The maximum Gasteiger partial charge on any atom is 0.317 e. The average Bonchev–Trinajstić information content (AvgIpc) is 2.41. The molecule has 0 bridgehead atoms. The molecule has 3 atom stereocenters. The fourth-order valence-electron chi connectivity index (χ4n) is 3.59. The van der Waals surface area contributed by atoms with E-state index in [0.29, 0.717) is 12.5 Å². The Morgan fingerprint density at radius 3 is 2.42 bits per heavy atom. The predicted molar refractivity (Wildman–Crippen MR) is 75.0 cm³/mol. The number of amides is 2. The number of carbonyl (C=O) groups is 1. The van der Waals surface area contributed by atoms with E-state index in [0.717, 1.165) is 12.8 Å². The number of rotatable bonds is 6. The van der Waals surface area contributed by atoms with Crippen LogP contribution in [0.5, 0.6) is 0 Å². The van der Waals surface area contributed by atoms with Gasteiger partial charge in [0, 0.05) is 38.1 Å². The van der Waals surface area contributed by atoms with Crippen LogP contribution in [0, 0.1) is 11.3 Å². The van der Waals surface area contributed by atoms with Gasteiger partial charge in [0.1, 0.15) is 0 Å². The van der Waals surface area contributed by atoms with Crippen molar-refractivity contribution >= 4 is 6.03 Å². The Balaban J connectivity index is 2.74. The predicted octanol–water partition coefficient (Wildman–Crippen LogP) is 1.46. The Bertz CT molecular complexity index is 305. The molecule has 0 aromatic heterocycles. The Morgan fingerprint density at radius 2 is 2.00 bits per heavy atom. The van der Waals surface area contributed by atoms with Crippen molar-refractivity contribution in [3.8, 4) is 0 Å². The number of urea groups is 1. The van der Waals surface area contributed by atoms with E-state index >= 15 is 0 Å². The van der Waals surface area contributed by atoms with E-state index in [-0.39, 0.29) is 30.2 Å². The molecule has 1 saturated carbocycles. The van der Waals surface area contributed by atoms with Crippen molar-refractivity contribution in [2.24, 2.45) is 11.3 Å². The molecule has 0 saturated heterocycles. The van der Waals surface area contributed by atoms with E-state index in [2.05, 4.69) is 26.1 Å². The summed E-state index contributed by atoms with van der Waals surface area (Å²) in [5.74, 6) is 0.316. The molecule has 2 N–H and O–H groups in total. The lowest BCUT2D eigenvalue weighted by Gasteiger charge is -2.59. The first-order valence-electron chi connectivity index (χ1n) is 7.13. The van der Waals surface area contributed by atoms with Gasteiger partial charge in [0.05, 0.1) is 12.7 Å². The zero-order valence-electron chi connectivity index (χ0n) is 12.8. The normalized spacial score (nSPS) is 28.6. The number of nitrogens with zero attached hydrogens (tertiary/aromatic N) is 1. The van der Waals surface area contributed by atoms with Gasteiger partial charge >= 0.3 is 6.03 Å². The number of nitrogens with one attached hydrogen (secondary N) is 1.